The summed E-state index contributed by atoms with van der Waals surface area (Å²) >= 11 is 0. The van der Waals surface area contributed by atoms with Crippen LogP contribution in [0.1, 0.15) is 21.5 Å². The standard InChI is InChI=1S/C20H15NO4/c22-20(16-10-12-18(13-11-16)21(23)24)25-19-9-5-4-8-17(19)14-15-6-2-1-3-7-15/h1-13H,14H2. The van der Waals surface area contributed by atoms with Crippen LogP contribution >= 0.6 is 0 Å². The zero-order chi connectivity index (χ0) is 17.6. The monoisotopic (exact) mass is 333 g/mol. The molecule has 3 aromatic carbocycles. The van der Waals surface area contributed by atoms with Crippen molar-refractivity contribution in [2.75, 3.05) is 0 Å². The summed E-state index contributed by atoms with van der Waals surface area (Å²) in [5, 5.41) is 10.7. The molecule has 0 N–H and O–H groups in total. The third kappa shape index (κ3) is 4.09. The Morgan fingerprint density at radius 2 is 1.52 bits per heavy atom. The van der Waals surface area contributed by atoms with Crippen LogP contribution in [-0.2, 0) is 6.42 Å². The van der Waals surface area contributed by atoms with Crippen molar-refractivity contribution in [3.8, 4) is 5.75 Å². The van der Waals surface area contributed by atoms with Gasteiger partial charge in [0.2, 0.25) is 0 Å². The van der Waals surface area contributed by atoms with E-state index in [-0.39, 0.29) is 11.3 Å². The van der Waals surface area contributed by atoms with Gasteiger partial charge in [0.1, 0.15) is 5.75 Å². The van der Waals surface area contributed by atoms with Crippen LogP contribution in [0.5, 0.6) is 5.75 Å². The highest BCUT2D eigenvalue weighted by Crippen LogP contribution is 2.23. The maximum Gasteiger partial charge on any atom is 0.343 e. The minimum absolute atomic E-state index is 0.0685. The third-order valence-corrected chi connectivity index (χ3v) is 3.73. The summed E-state index contributed by atoms with van der Waals surface area (Å²) in [6.07, 6.45) is 0.643. The fraction of sp³-hybridized carbons (Fsp3) is 0.0500. The number of non-ortho nitro benzene ring substituents is 1. The van der Waals surface area contributed by atoms with Crippen molar-refractivity contribution in [1.29, 1.82) is 0 Å². The van der Waals surface area contributed by atoms with Gasteiger partial charge in [-0.1, -0.05) is 48.5 Å². The predicted molar refractivity (Wildman–Crippen MR) is 93.7 cm³/mol. The van der Waals surface area contributed by atoms with Gasteiger partial charge in [-0.2, -0.15) is 0 Å². The number of benzene rings is 3. The molecule has 0 aromatic heterocycles. The Morgan fingerprint density at radius 1 is 0.880 bits per heavy atom. The molecule has 0 saturated carbocycles. The van der Waals surface area contributed by atoms with Gasteiger partial charge in [-0.05, 0) is 29.3 Å². The van der Waals surface area contributed by atoms with Crippen molar-refractivity contribution in [3.05, 3.63) is 106 Å². The number of hydrogen-bond donors (Lipinski definition) is 0. The van der Waals surface area contributed by atoms with E-state index in [4.69, 9.17) is 4.74 Å². The molecule has 5 heteroatoms. The van der Waals surface area contributed by atoms with Gasteiger partial charge >= 0.3 is 5.97 Å². The van der Waals surface area contributed by atoms with Crippen molar-refractivity contribution < 1.29 is 14.5 Å². The van der Waals surface area contributed by atoms with Gasteiger partial charge in [-0.3, -0.25) is 10.1 Å². The number of carbonyl (C=O) groups excluding carboxylic acids is 1. The number of para-hydroxylation sites is 1. The molecule has 25 heavy (non-hydrogen) atoms. The lowest BCUT2D eigenvalue weighted by molar-refractivity contribution is -0.384. The maximum absolute atomic E-state index is 12.3. The fourth-order valence-electron chi connectivity index (χ4n) is 2.44. The van der Waals surface area contributed by atoms with Gasteiger partial charge < -0.3 is 4.74 Å². The van der Waals surface area contributed by atoms with Crippen LogP contribution in [0, 0.1) is 10.1 Å². The lowest BCUT2D eigenvalue weighted by Crippen LogP contribution is -2.10. The van der Waals surface area contributed by atoms with Crippen LogP contribution in [0.2, 0.25) is 0 Å². The van der Waals surface area contributed by atoms with Gasteiger partial charge in [0.15, 0.2) is 0 Å². The first-order valence-electron chi connectivity index (χ1n) is 7.72. The van der Waals surface area contributed by atoms with E-state index in [1.165, 1.54) is 24.3 Å². The van der Waals surface area contributed by atoms with Crippen molar-refractivity contribution >= 4 is 11.7 Å². The molecule has 5 nitrogen and oxygen atoms in total. The molecule has 0 saturated heterocycles. The zero-order valence-corrected chi connectivity index (χ0v) is 13.3. The Balaban J connectivity index is 1.78. The lowest BCUT2D eigenvalue weighted by atomic mass is 10.0. The molecule has 0 spiro atoms. The SMILES string of the molecule is O=C(Oc1ccccc1Cc1ccccc1)c1ccc([N+](=O)[O-])cc1. The first-order valence-corrected chi connectivity index (χ1v) is 7.72. The van der Waals surface area contributed by atoms with E-state index in [2.05, 4.69) is 0 Å². The second-order valence-electron chi connectivity index (χ2n) is 5.46. The summed E-state index contributed by atoms with van der Waals surface area (Å²) in [6.45, 7) is 0. The summed E-state index contributed by atoms with van der Waals surface area (Å²) in [6, 6.07) is 22.6. The Hall–Kier alpha value is -3.47. The van der Waals surface area contributed by atoms with Gasteiger partial charge in [-0.15, -0.1) is 0 Å². The summed E-state index contributed by atoms with van der Waals surface area (Å²) < 4.78 is 5.50. The lowest BCUT2D eigenvalue weighted by Gasteiger charge is -2.10. The maximum atomic E-state index is 12.3. The topological polar surface area (TPSA) is 69.4 Å². The molecule has 3 aromatic rings. The van der Waals surface area contributed by atoms with E-state index in [1.54, 1.807) is 12.1 Å². The predicted octanol–water partition coefficient (Wildman–Crippen LogP) is 4.40. The number of rotatable bonds is 5. The summed E-state index contributed by atoms with van der Waals surface area (Å²) in [5.74, 6) is -0.0647. The molecule has 124 valence electrons. The van der Waals surface area contributed by atoms with E-state index >= 15 is 0 Å². The third-order valence-electron chi connectivity index (χ3n) is 3.73. The molecular formula is C20H15NO4. The Labute approximate surface area is 144 Å². The Morgan fingerprint density at radius 3 is 2.20 bits per heavy atom. The summed E-state index contributed by atoms with van der Waals surface area (Å²) in [4.78, 5) is 22.5. The minimum Gasteiger partial charge on any atom is -0.423 e. The van der Waals surface area contributed by atoms with Crippen LogP contribution in [0.25, 0.3) is 0 Å². The van der Waals surface area contributed by atoms with E-state index in [0.717, 1.165) is 11.1 Å². The zero-order valence-electron chi connectivity index (χ0n) is 13.3. The Bertz CT molecular complexity index is 889. The normalized spacial score (nSPS) is 10.2. The first kappa shape index (κ1) is 16.4. The van der Waals surface area contributed by atoms with Crippen LogP contribution in [0.3, 0.4) is 0 Å². The minimum atomic E-state index is -0.546. The molecule has 0 aliphatic rings. The van der Waals surface area contributed by atoms with Crippen LogP contribution < -0.4 is 4.74 Å². The Kier molecular flexibility index (Phi) is 4.85. The van der Waals surface area contributed by atoms with Crippen LogP contribution in [0.15, 0.2) is 78.9 Å². The number of nitrogens with zero attached hydrogens (tertiary/aromatic N) is 1. The molecule has 0 heterocycles. The van der Waals surface area contributed by atoms with Crippen molar-refractivity contribution in [3.63, 3.8) is 0 Å². The molecule has 0 amide bonds. The average Bonchev–Trinajstić information content (AvgIpc) is 2.64. The second kappa shape index (κ2) is 7.40. The first-order chi connectivity index (χ1) is 12.1. The highest BCUT2D eigenvalue weighted by molar-refractivity contribution is 5.91. The van der Waals surface area contributed by atoms with Crippen molar-refractivity contribution in [2.45, 2.75) is 6.42 Å². The smallest absolute Gasteiger partial charge is 0.343 e. The number of hydrogen-bond acceptors (Lipinski definition) is 4. The molecular weight excluding hydrogens is 318 g/mol. The van der Waals surface area contributed by atoms with Crippen LogP contribution in [-0.4, -0.2) is 10.9 Å². The number of nitro groups is 1. The highest BCUT2D eigenvalue weighted by atomic mass is 16.6. The molecule has 0 aliphatic heterocycles. The fourth-order valence-corrected chi connectivity index (χ4v) is 2.44. The number of nitro benzene ring substituents is 1. The summed E-state index contributed by atoms with van der Waals surface area (Å²) in [5.41, 5.74) is 2.20. The molecule has 0 bridgehead atoms. The quantitative estimate of drug-likeness (QED) is 0.300. The van der Waals surface area contributed by atoms with Gasteiger partial charge in [0, 0.05) is 18.6 Å². The largest absolute Gasteiger partial charge is 0.423 e. The number of esters is 1. The average molecular weight is 333 g/mol. The van der Waals surface area contributed by atoms with Gasteiger partial charge in [-0.25, -0.2) is 4.79 Å². The molecule has 0 aliphatic carbocycles. The molecule has 3 rings (SSSR count). The van der Waals surface area contributed by atoms with Crippen molar-refractivity contribution in [1.82, 2.24) is 0 Å². The van der Waals surface area contributed by atoms with Gasteiger partial charge in [0.25, 0.3) is 5.69 Å². The highest BCUT2D eigenvalue weighted by Gasteiger charge is 2.13. The summed E-state index contributed by atoms with van der Waals surface area (Å²) in [7, 11) is 0. The van der Waals surface area contributed by atoms with E-state index < -0.39 is 10.9 Å². The van der Waals surface area contributed by atoms with Crippen molar-refractivity contribution in [2.24, 2.45) is 0 Å². The second-order valence-corrected chi connectivity index (χ2v) is 5.46. The molecule has 0 unspecified atom stereocenters. The molecule has 0 atom stereocenters. The number of ether oxygens (including phenoxy) is 1. The number of carbonyl (C=O) groups is 1. The molecule has 0 radical (unpaired) electrons. The molecule has 0 fully saturated rings. The van der Waals surface area contributed by atoms with E-state index in [9.17, 15) is 14.9 Å². The van der Waals surface area contributed by atoms with E-state index in [0.29, 0.717) is 12.2 Å². The van der Waals surface area contributed by atoms with E-state index in [1.807, 2.05) is 42.5 Å². The van der Waals surface area contributed by atoms with Crippen LogP contribution in [0.4, 0.5) is 5.69 Å². The van der Waals surface area contributed by atoms with Gasteiger partial charge in [0.05, 0.1) is 10.5 Å².